The van der Waals surface area contributed by atoms with E-state index in [1.165, 1.54) is 19.3 Å². The Balaban J connectivity index is 1.79. The molecule has 1 heterocycles. The van der Waals surface area contributed by atoms with Crippen molar-refractivity contribution in [1.82, 2.24) is 0 Å². The van der Waals surface area contributed by atoms with Crippen LogP contribution in [-0.2, 0) is 0 Å². The van der Waals surface area contributed by atoms with E-state index in [0.29, 0.717) is 23.7 Å². The van der Waals surface area contributed by atoms with Crippen LogP contribution < -0.4 is 4.74 Å². The molecule has 2 fully saturated rings. The van der Waals surface area contributed by atoms with Gasteiger partial charge in [0.05, 0.1) is 6.42 Å². The summed E-state index contributed by atoms with van der Waals surface area (Å²) < 4.78 is 6.18. The van der Waals surface area contributed by atoms with Crippen molar-refractivity contribution in [2.75, 3.05) is 0 Å². The molecule has 0 aromatic heterocycles. The molecule has 3 atom stereocenters. The number of hydrogen-bond donors (Lipinski definition) is 1. The van der Waals surface area contributed by atoms with Gasteiger partial charge in [-0.1, -0.05) is 6.07 Å². The van der Waals surface area contributed by atoms with Crippen LogP contribution in [0.15, 0.2) is 18.2 Å². The van der Waals surface area contributed by atoms with Gasteiger partial charge in [0.2, 0.25) is 0 Å². The number of hydrogen-bond acceptors (Lipinski definition) is 3. The third-order valence-electron chi connectivity index (χ3n) is 4.98. The van der Waals surface area contributed by atoms with Gasteiger partial charge in [-0.25, -0.2) is 0 Å². The van der Waals surface area contributed by atoms with Crippen molar-refractivity contribution in [2.45, 2.75) is 37.7 Å². The average Bonchev–Trinajstić information content (AvgIpc) is 2.88. The largest absolute Gasteiger partial charge is 0.507 e. The SMILES string of the molecule is O=C1CC2(CC3CCC2C3)Oc2cccc(O)c21. The van der Waals surface area contributed by atoms with E-state index in [9.17, 15) is 9.90 Å². The van der Waals surface area contributed by atoms with Crippen LogP contribution in [0.5, 0.6) is 11.5 Å². The van der Waals surface area contributed by atoms with Gasteiger partial charge in [-0.3, -0.25) is 4.79 Å². The number of Topliss-reactive ketones (excluding diaryl/α,β-unsaturated/α-hetero) is 1. The van der Waals surface area contributed by atoms with Gasteiger partial charge < -0.3 is 9.84 Å². The minimum Gasteiger partial charge on any atom is -0.507 e. The van der Waals surface area contributed by atoms with Gasteiger partial charge in [-0.2, -0.15) is 0 Å². The van der Waals surface area contributed by atoms with E-state index in [-0.39, 0.29) is 17.1 Å². The maximum Gasteiger partial charge on any atom is 0.174 e. The number of ketones is 1. The summed E-state index contributed by atoms with van der Waals surface area (Å²) in [6.07, 6.45) is 5.14. The number of phenols is 1. The lowest BCUT2D eigenvalue weighted by Gasteiger charge is -2.41. The quantitative estimate of drug-likeness (QED) is 0.763. The zero-order valence-corrected chi connectivity index (χ0v) is 10.2. The van der Waals surface area contributed by atoms with E-state index in [1.54, 1.807) is 18.2 Å². The van der Waals surface area contributed by atoms with Crippen LogP contribution in [-0.4, -0.2) is 16.5 Å². The molecule has 0 radical (unpaired) electrons. The van der Waals surface area contributed by atoms with Gasteiger partial charge in [0, 0.05) is 0 Å². The molecular formula is C15H16O3. The molecule has 3 aliphatic rings. The first kappa shape index (κ1) is 10.4. The maximum absolute atomic E-state index is 12.3. The van der Waals surface area contributed by atoms with E-state index in [0.717, 1.165) is 12.3 Å². The third kappa shape index (κ3) is 1.22. The smallest absolute Gasteiger partial charge is 0.174 e. The standard InChI is InChI=1S/C15H16O3/c16-11-2-1-3-13-14(11)12(17)8-15(18-13)7-9-4-5-10(15)6-9/h1-3,9-10,16H,4-8H2. The number of benzene rings is 1. The van der Waals surface area contributed by atoms with Crippen molar-refractivity contribution in [3.63, 3.8) is 0 Å². The fraction of sp³-hybridized carbons (Fsp3) is 0.533. The Kier molecular flexibility index (Phi) is 1.90. The number of fused-ring (bicyclic) bond motifs is 4. The number of carbonyl (C=O) groups is 1. The van der Waals surface area contributed by atoms with E-state index in [2.05, 4.69) is 0 Å². The van der Waals surface area contributed by atoms with E-state index < -0.39 is 0 Å². The van der Waals surface area contributed by atoms with Crippen LogP contribution >= 0.6 is 0 Å². The lowest BCUT2D eigenvalue weighted by Crippen LogP contribution is -2.46. The number of aromatic hydroxyl groups is 1. The second-order valence-electron chi connectivity index (χ2n) is 6.00. The van der Waals surface area contributed by atoms with Crippen LogP contribution in [0.4, 0.5) is 0 Å². The van der Waals surface area contributed by atoms with Crippen molar-refractivity contribution in [3.05, 3.63) is 23.8 Å². The van der Waals surface area contributed by atoms with Crippen molar-refractivity contribution < 1.29 is 14.6 Å². The molecule has 1 N–H and O–H groups in total. The molecule has 18 heavy (non-hydrogen) atoms. The normalized spacial score (nSPS) is 36.8. The van der Waals surface area contributed by atoms with Gasteiger partial charge in [0.15, 0.2) is 5.78 Å². The molecule has 94 valence electrons. The predicted molar refractivity (Wildman–Crippen MR) is 65.9 cm³/mol. The molecule has 2 aliphatic carbocycles. The zero-order chi connectivity index (χ0) is 12.3. The second-order valence-corrected chi connectivity index (χ2v) is 6.00. The number of phenolic OH excluding ortho intramolecular Hbond substituents is 1. The first-order chi connectivity index (χ1) is 8.68. The first-order valence-corrected chi connectivity index (χ1v) is 6.72. The van der Waals surface area contributed by atoms with Crippen molar-refractivity contribution in [2.24, 2.45) is 11.8 Å². The first-order valence-electron chi connectivity index (χ1n) is 6.72. The summed E-state index contributed by atoms with van der Waals surface area (Å²) in [5.74, 6) is 1.94. The van der Waals surface area contributed by atoms with Gasteiger partial charge in [-0.05, 0) is 49.7 Å². The van der Waals surface area contributed by atoms with Crippen molar-refractivity contribution >= 4 is 5.78 Å². The van der Waals surface area contributed by atoms with Crippen LogP contribution in [0.2, 0.25) is 0 Å². The van der Waals surface area contributed by atoms with Gasteiger partial charge >= 0.3 is 0 Å². The minimum absolute atomic E-state index is 0.0434. The van der Waals surface area contributed by atoms with Crippen LogP contribution in [0.25, 0.3) is 0 Å². The lowest BCUT2D eigenvalue weighted by atomic mass is 9.77. The summed E-state index contributed by atoms with van der Waals surface area (Å²) in [7, 11) is 0. The van der Waals surface area contributed by atoms with Gasteiger partial charge in [0.1, 0.15) is 22.7 Å². The molecule has 1 spiro atoms. The molecule has 2 saturated carbocycles. The average molecular weight is 244 g/mol. The summed E-state index contributed by atoms with van der Waals surface area (Å²) >= 11 is 0. The Morgan fingerprint density at radius 1 is 1.33 bits per heavy atom. The van der Waals surface area contributed by atoms with Crippen LogP contribution in [0.3, 0.4) is 0 Å². The highest BCUT2D eigenvalue weighted by molar-refractivity contribution is 6.02. The fourth-order valence-electron chi connectivity index (χ4n) is 4.24. The summed E-state index contributed by atoms with van der Waals surface area (Å²) in [6, 6.07) is 5.10. The molecule has 3 unspecified atom stereocenters. The molecular weight excluding hydrogens is 228 g/mol. The Labute approximate surface area is 106 Å². The highest BCUT2D eigenvalue weighted by Crippen LogP contribution is 2.56. The molecule has 2 bridgehead atoms. The molecule has 3 nitrogen and oxygen atoms in total. The molecule has 3 heteroatoms. The summed E-state index contributed by atoms with van der Waals surface area (Å²) in [4.78, 5) is 12.3. The predicted octanol–water partition coefficient (Wildman–Crippen LogP) is 2.92. The molecule has 4 rings (SSSR count). The number of carbonyl (C=O) groups excluding carboxylic acids is 1. The summed E-state index contributed by atoms with van der Waals surface area (Å²) in [5, 5.41) is 9.79. The zero-order valence-electron chi connectivity index (χ0n) is 10.2. The minimum atomic E-state index is -0.263. The molecule has 1 aromatic rings. The highest BCUT2D eigenvalue weighted by Gasteiger charge is 2.56. The Morgan fingerprint density at radius 2 is 2.22 bits per heavy atom. The highest BCUT2D eigenvalue weighted by atomic mass is 16.5. The van der Waals surface area contributed by atoms with E-state index in [1.807, 2.05) is 0 Å². The van der Waals surface area contributed by atoms with Crippen LogP contribution in [0.1, 0.15) is 42.5 Å². The Hall–Kier alpha value is -1.51. The maximum atomic E-state index is 12.3. The van der Waals surface area contributed by atoms with Gasteiger partial charge in [-0.15, -0.1) is 0 Å². The molecule has 1 aliphatic heterocycles. The number of rotatable bonds is 0. The summed E-state index contributed by atoms with van der Waals surface area (Å²) in [6.45, 7) is 0. The number of ether oxygens (including phenoxy) is 1. The molecule has 0 amide bonds. The second kappa shape index (κ2) is 3.28. The monoisotopic (exact) mass is 244 g/mol. The van der Waals surface area contributed by atoms with E-state index >= 15 is 0 Å². The van der Waals surface area contributed by atoms with Crippen LogP contribution in [0, 0.1) is 11.8 Å². The van der Waals surface area contributed by atoms with Crippen molar-refractivity contribution in [1.29, 1.82) is 0 Å². The molecule has 0 saturated heterocycles. The van der Waals surface area contributed by atoms with Crippen molar-refractivity contribution in [3.8, 4) is 11.5 Å². The summed E-state index contributed by atoms with van der Waals surface area (Å²) in [5.41, 5.74) is 0.117. The lowest BCUT2D eigenvalue weighted by molar-refractivity contribution is -0.000844. The molecule has 1 aromatic carbocycles. The topological polar surface area (TPSA) is 46.5 Å². The third-order valence-corrected chi connectivity index (χ3v) is 4.98. The Morgan fingerprint density at radius 3 is 2.94 bits per heavy atom. The van der Waals surface area contributed by atoms with Gasteiger partial charge in [0.25, 0.3) is 0 Å². The Bertz CT molecular complexity index is 537. The fourth-order valence-corrected chi connectivity index (χ4v) is 4.24. The van der Waals surface area contributed by atoms with E-state index in [4.69, 9.17) is 4.74 Å².